The second-order valence-electron chi connectivity index (χ2n) is 3.22. The van der Waals surface area contributed by atoms with Crippen molar-refractivity contribution in [1.82, 2.24) is 0 Å². The predicted molar refractivity (Wildman–Crippen MR) is 76.4 cm³/mol. The third-order valence-electron chi connectivity index (χ3n) is 2.10. The molecule has 0 nitrogen and oxygen atoms in total. The van der Waals surface area contributed by atoms with Crippen LogP contribution < -0.4 is 0 Å². The molecular formula is C10H12BBr3. The minimum absolute atomic E-state index is 1.01. The summed E-state index contributed by atoms with van der Waals surface area (Å²) in [5, 5.41) is 1.01. The summed E-state index contributed by atoms with van der Waals surface area (Å²) in [7, 11) is 2.20. The highest BCUT2D eigenvalue weighted by Gasteiger charge is 2.05. The first-order chi connectivity index (χ1) is 6.69. The van der Waals surface area contributed by atoms with Crippen LogP contribution in [0.4, 0.5) is 0 Å². The summed E-state index contributed by atoms with van der Waals surface area (Å²) in [5.41, 5.74) is 2.74. The van der Waals surface area contributed by atoms with Crippen LogP contribution in [0.15, 0.2) is 21.1 Å². The molecule has 76 valence electrons. The van der Waals surface area contributed by atoms with E-state index < -0.39 is 0 Å². The highest BCUT2D eigenvalue weighted by atomic mass is 79.9. The lowest BCUT2D eigenvalue weighted by Crippen LogP contribution is -1.93. The molecule has 0 spiro atoms. The van der Waals surface area contributed by atoms with Gasteiger partial charge < -0.3 is 0 Å². The van der Waals surface area contributed by atoms with Gasteiger partial charge in [-0.25, -0.2) is 0 Å². The lowest BCUT2D eigenvalue weighted by molar-refractivity contribution is 1.08. The first-order valence-corrected chi connectivity index (χ1v) is 7.42. The van der Waals surface area contributed by atoms with E-state index in [1.807, 2.05) is 0 Å². The number of hydrogen-bond donors (Lipinski definition) is 0. The van der Waals surface area contributed by atoms with Crippen LogP contribution in [0.5, 0.6) is 0 Å². The van der Waals surface area contributed by atoms with E-state index in [9.17, 15) is 0 Å². The minimum atomic E-state index is 1.01. The summed E-state index contributed by atoms with van der Waals surface area (Å²) in [6.07, 6.45) is 3.38. The van der Waals surface area contributed by atoms with Crippen LogP contribution in [-0.4, -0.2) is 13.2 Å². The van der Waals surface area contributed by atoms with E-state index in [2.05, 4.69) is 67.8 Å². The van der Waals surface area contributed by atoms with Crippen LogP contribution in [0.1, 0.15) is 11.1 Å². The zero-order valence-electron chi connectivity index (χ0n) is 8.12. The normalized spacial score (nSPS) is 10.5. The summed E-state index contributed by atoms with van der Waals surface area (Å²) < 4.78 is 2.46. The second-order valence-corrected chi connectivity index (χ2v) is 5.73. The molecule has 1 aromatic carbocycles. The third-order valence-corrected chi connectivity index (χ3v) is 3.97. The molecule has 0 heterocycles. The van der Waals surface area contributed by atoms with Crippen molar-refractivity contribution in [1.29, 1.82) is 0 Å². The Morgan fingerprint density at radius 2 is 1.50 bits per heavy atom. The molecule has 4 heteroatoms. The minimum Gasteiger partial charge on any atom is -0.0924 e. The van der Waals surface area contributed by atoms with Crippen molar-refractivity contribution in [3.63, 3.8) is 0 Å². The Balaban J connectivity index is 2.97. The fourth-order valence-corrected chi connectivity index (χ4v) is 2.99. The van der Waals surface area contributed by atoms with Crippen LogP contribution in [0.2, 0.25) is 6.32 Å². The molecule has 0 aliphatic rings. The van der Waals surface area contributed by atoms with Gasteiger partial charge in [0.1, 0.15) is 7.85 Å². The van der Waals surface area contributed by atoms with E-state index in [0.717, 1.165) is 18.2 Å². The Labute approximate surface area is 112 Å². The molecule has 0 atom stereocenters. The molecular weight excluding hydrogens is 371 g/mol. The van der Waals surface area contributed by atoms with E-state index in [4.69, 9.17) is 0 Å². The molecule has 0 N–H and O–H groups in total. The second kappa shape index (κ2) is 6.34. The van der Waals surface area contributed by atoms with Crippen molar-refractivity contribution in [3.8, 4) is 0 Å². The van der Waals surface area contributed by atoms with Gasteiger partial charge in [0.15, 0.2) is 0 Å². The summed E-state index contributed by atoms with van der Waals surface area (Å²) >= 11 is 10.7. The smallest absolute Gasteiger partial charge is 0.0924 e. The Hall–Kier alpha value is 0.725. The van der Waals surface area contributed by atoms with Gasteiger partial charge >= 0.3 is 0 Å². The van der Waals surface area contributed by atoms with E-state index in [-0.39, 0.29) is 0 Å². The van der Waals surface area contributed by atoms with Crippen LogP contribution in [0.3, 0.4) is 0 Å². The molecule has 0 unspecified atom stereocenters. The molecule has 0 aliphatic carbocycles. The standard InChI is InChI=1S/C10H12BBr3/c11-3-1-7-5-10(14)8(2-4-12)6-9(7)13/h5-6H,1-4,11H2. The quantitative estimate of drug-likeness (QED) is 0.550. The highest BCUT2D eigenvalue weighted by molar-refractivity contribution is 9.11. The number of hydrogen-bond acceptors (Lipinski definition) is 0. The SMILES string of the molecule is BCCc1cc(Br)c(CCBr)cc1Br. The van der Waals surface area contributed by atoms with Gasteiger partial charge in [0.05, 0.1) is 0 Å². The van der Waals surface area contributed by atoms with E-state index in [1.165, 1.54) is 26.4 Å². The van der Waals surface area contributed by atoms with Gasteiger partial charge in [0, 0.05) is 14.3 Å². The molecule has 0 saturated heterocycles. The topological polar surface area (TPSA) is 0 Å². The molecule has 0 fully saturated rings. The maximum Gasteiger partial charge on any atom is 0.101 e. The van der Waals surface area contributed by atoms with Gasteiger partial charge in [0.25, 0.3) is 0 Å². The van der Waals surface area contributed by atoms with Gasteiger partial charge in [-0.2, -0.15) is 0 Å². The molecule has 0 bridgehead atoms. The molecule has 0 aliphatic heterocycles. The van der Waals surface area contributed by atoms with Gasteiger partial charge in [-0.1, -0.05) is 54.1 Å². The average molecular weight is 383 g/mol. The van der Waals surface area contributed by atoms with Crippen molar-refractivity contribution in [2.75, 3.05) is 5.33 Å². The summed E-state index contributed by atoms with van der Waals surface area (Å²) in [5.74, 6) is 0. The zero-order chi connectivity index (χ0) is 10.6. The Morgan fingerprint density at radius 1 is 1.00 bits per heavy atom. The Morgan fingerprint density at radius 3 is 1.93 bits per heavy atom. The number of alkyl halides is 1. The first-order valence-electron chi connectivity index (χ1n) is 4.71. The predicted octanol–water partition coefficient (Wildman–Crippen LogP) is 3.74. The molecule has 0 saturated carbocycles. The average Bonchev–Trinajstić information content (AvgIpc) is 2.14. The molecule has 1 aromatic rings. The van der Waals surface area contributed by atoms with E-state index >= 15 is 0 Å². The largest absolute Gasteiger partial charge is 0.101 e. The van der Waals surface area contributed by atoms with Crippen molar-refractivity contribution in [2.24, 2.45) is 0 Å². The fraction of sp³-hybridized carbons (Fsp3) is 0.400. The fourth-order valence-electron chi connectivity index (χ4n) is 1.38. The van der Waals surface area contributed by atoms with Crippen LogP contribution in [0.25, 0.3) is 0 Å². The highest BCUT2D eigenvalue weighted by Crippen LogP contribution is 2.27. The van der Waals surface area contributed by atoms with Crippen LogP contribution in [0, 0.1) is 0 Å². The van der Waals surface area contributed by atoms with E-state index in [1.54, 1.807) is 0 Å². The van der Waals surface area contributed by atoms with Crippen molar-refractivity contribution in [2.45, 2.75) is 19.2 Å². The lowest BCUT2D eigenvalue weighted by atomic mass is 9.96. The number of halogens is 3. The summed E-state index contributed by atoms with van der Waals surface area (Å²) in [6, 6.07) is 4.45. The molecule has 14 heavy (non-hydrogen) atoms. The first kappa shape index (κ1) is 12.8. The van der Waals surface area contributed by atoms with E-state index in [0.29, 0.717) is 0 Å². The van der Waals surface area contributed by atoms with Gasteiger partial charge in [0.2, 0.25) is 0 Å². The molecule has 0 aromatic heterocycles. The Kier molecular flexibility index (Phi) is 5.79. The van der Waals surface area contributed by atoms with Crippen LogP contribution >= 0.6 is 47.8 Å². The van der Waals surface area contributed by atoms with Crippen LogP contribution in [-0.2, 0) is 12.8 Å². The van der Waals surface area contributed by atoms with Gasteiger partial charge in [-0.3, -0.25) is 0 Å². The van der Waals surface area contributed by atoms with Gasteiger partial charge in [-0.15, -0.1) is 0 Å². The molecule has 1 rings (SSSR count). The van der Waals surface area contributed by atoms with Crippen molar-refractivity contribution in [3.05, 3.63) is 32.2 Å². The molecule has 0 radical (unpaired) electrons. The third kappa shape index (κ3) is 3.39. The monoisotopic (exact) mass is 380 g/mol. The number of rotatable bonds is 4. The zero-order valence-corrected chi connectivity index (χ0v) is 12.9. The summed E-state index contributed by atoms with van der Waals surface area (Å²) in [6.45, 7) is 0. The van der Waals surface area contributed by atoms with Crippen molar-refractivity contribution >= 4 is 55.6 Å². The maximum atomic E-state index is 3.62. The Bertz CT molecular complexity index is 281. The number of aryl methyl sites for hydroxylation is 2. The number of benzene rings is 1. The lowest BCUT2D eigenvalue weighted by Gasteiger charge is -2.08. The summed E-state index contributed by atoms with van der Waals surface area (Å²) in [4.78, 5) is 0. The van der Waals surface area contributed by atoms with Gasteiger partial charge in [-0.05, 0) is 36.1 Å². The van der Waals surface area contributed by atoms with Crippen molar-refractivity contribution < 1.29 is 0 Å². The molecule has 0 amide bonds. The maximum absolute atomic E-state index is 3.62.